The first-order valence-corrected chi connectivity index (χ1v) is 10.2. The van der Waals surface area contributed by atoms with Crippen LogP contribution >= 0.6 is 0 Å². The van der Waals surface area contributed by atoms with Crippen molar-refractivity contribution < 1.29 is 40.5 Å². The van der Waals surface area contributed by atoms with Crippen molar-refractivity contribution in [1.82, 2.24) is 5.32 Å². The molecule has 0 fully saturated rings. The number of ether oxygens (including phenoxy) is 3. The van der Waals surface area contributed by atoms with E-state index in [9.17, 15) is 24.9 Å². The first-order chi connectivity index (χ1) is 14.7. The largest absolute Gasteiger partial charge is 0.480 e. The number of aliphatic hydroxyl groups excluding tert-OH is 2. The Hall–Kier alpha value is -2.41. The summed E-state index contributed by atoms with van der Waals surface area (Å²) in [4.78, 5) is 27.5. The molecule has 1 aliphatic heterocycles. The van der Waals surface area contributed by atoms with Crippen molar-refractivity contribution >= 4 is 17.8 Å². The van der Waals surface area contributed by atoms with Crippen LogP contribution in [0.3, 0.4) is 0 Å². The first kappa shape index (κ1) is 26.6. The lowest BCUT2D eigenvalue weighted by Crippen LogP contribution is -2.51. The number of aliphatic carboxylic acids is 1. The van der Waals surface area contributed by atoms with Crippen LogP contribution in [0.1, 0.15) is 28.1 Å². The number of carbonyl (C=O) groups excluding carboxylic acids is 1. The summed E-state index contributed by atoms with van der Waals surface area (Å²) in [6.07, 6.45) is -0.505. The lowest BCUT2D eigenvalue weighted by atomic mass is 9.87. The van der Waals surface area contributed by atoms with Crippen molar-refractivity contribution in [2.24, 2.45) is 22.4 Å². The number of hydrogen-bond acceptors (Lipinski definition) is 8. The number of guanidine groups is 1. The fraction of sp³-hybridized carbons (Fsp3) is 0.737. The van der Waals surface area contributed by atoms with Gasteiger partial charge in [-0.15, -0.1) is 0 Å². The van der Waals surface area contributed by atoms with Crippen LogP contribution in [-0.4, -0.2) is 90.5 Å². The van der Waals surface area contributed by atoms with Crippen molar-refractivity contribution in [2.45, 2.75) is 51.0 Å². The Kier molecular flexibility index (Phi) is 11.9. The monoisotopic (exact) mass is 450 g/mol. The van der Waals surface area contributed by atoms with Gasteiger partial charge < -0.3 is 46.3 Å². The molecule has 0 saturated carbocycles. The minimum absolute atomic E-state index is 0. The second kappa shape index (κ2) is 13.8. The number of aliphatic hydroxyl groups is 2. The molecule has 1 rings (SSSR count). The van der Waals surface area contributed by atoms with E-state index in [1.807, 2.05) is 6.92 Å². The third-order valence-corrected chi connectivity index (χ3v) is 4.66. The highest BCUT2D eigenvalue weighted by atomic mass is 16.6. The molecule has 1 heterocycles. The number of aliphatic imine (C=N–C) groups is 1. The van der Waals surface area contributed by atoms with Gasteiger partial charge in [0.25, 0.3) is 0 Å². The van der Waals surface area contributed by atoms with Gasteiger partial charge in [0.05, 0.1) is 19.3 Å². The van der Waals surface area contributed by atoms with Crippen molar-refractivity contribution in [3.8, 4) is 0 Å². The SMILES string of the molecule is CCCCOCCNC(=O)CO[C@@H]([C@@H]1OC(C(=O)O)=C[C@H](N=C(N)N)[C@H]1C)[C@H](O)CO.[3HH]. The molecular weight excluding hydrogens is 412 g/mol. The van der Waals surface area contributed by atoms with Gasteiger partial charge in [0.2, 0.25) is 11.7 Å². The Morgan fingerprint density at radius 1 is 1.39 bits per heavy atom. The highest BCUT2D eigenvalue weighted by molar-refractivity contribution is 5.85. The second-order valence-corrected chi connectivity index (χ2v) is 7.16. The molecule has 0 radical (unpaired) electrons. The molecule has 1 aliphatic rings. The van der Waals surface area contributed by atoms with Crippen LogP contribution < -0.4 is 16.8 Å². The van der Waals surface area contributed by atoms with Crippen LogP contribution in [0.4, 0.5) is 0 Å². The lowest BCUT2D eigenvalue weighted by molar-refractivity contribution is -0.160. The third-order valence-electron chi connectivity index (χ3n) is 4.66. The smallest absolute Gasteiger partial charge is 0.370 e. The van der Waals surface area contributed by atoms with Crippen molar-refractivity contribution in [2.75, 3.05) is 33.0 Å². The number of carboxylic acids is 1. The van der Waals surface area contributed by atoms with E-state index in [2.05, 4.69) is 10.3 Å². The highest BCUT2D eigenvalue weighted by Gasteiger charge is 2.42. The second-order valence-electron chi connectivity index (χ2n) is 7.16. The van der Waals surface area contributed by atoms with Crippen LogP contribution in [0, 0.1) is 5.92 Å². The number of unbranched alkanes of at least 4 members (excludes halogenated alkanes) is 1. The van der Waals surface area contributed by atoms with Gasteiger partial charge in [-0.1, -0.05) is 20.3 Å². The number of amides is 1. The Balaban J connectivity index is 0.00000961. The van der Waals surface area contributed by atoms with Gasteiger partial charge in [0.15, 0.2) is 5.96 Å². The number of carboxylic acid groups (broad SMARTS) is 1. The summed E-state index contributed by atoms with van der Waals surface area (Å²) in [5.41, 5.74) is 10.8. The number of nitrogens with zero attached hydrogens (tertiary/aromatic N) is 1. The predicted molar refractivity (Wildman–Crippen MR) is 113 cm³/mol. The van der Waals surface area contributed by atoms with E-state index in [1.165, 1.54) is 6.08 Å². The zero-order valence-electron chi connectivity index (χ0n) is 17.9. The molecule has 0 saturated heterocycles. The minimum Gasteiger partial charge on any atom is -0.480 e. The summed E-state index contributed by atoms with van der Waals surface area (Å²) < 4.78 is 16.4. The van der Waals surface area contributed by atoms with Gasteiger partial charge in [-0.05, 0) is 12.5 Å². The molecular formula is C19H36N4O8. The van der Waals surface area contributed by atoms with Crippen LogP contribution in [0.25, 0.3) is 0 Å². The van der Waals surface area contributed by atoms with Gasteiger partial charge in [-0.25, -0.2) is 9.79 Å². The molecule has 5 atom stereocenters. The normalized spacial score (nSPS) is 22.6. The van der Waals surface area contributed by atoms with Crippen molar-refractivity contribution in [3.05, 3.63) is 11.8 Å². The molecule has 31 heavy (non-hydrogen) atoms. The molecule has 12 nitrogen and oxygen atoms in total. The quantitative estimate of drug-likeness (QED) is 0.103. The van der Waals surface area contributed by atoms with Crippen LogP contribution in [0.5, 0.6) is 0 Å². The van der Waals surface area contributed by atoms with E-state index >= 15 is 0 Å². The molecule has 0 bridgehead atoms. The van der Waals surface area contributed by atoms with Crippen LogP contribution in [0.15, 0.2) is 16.8 Å². The maximum absolute atomic E-state index is 12.1. The molecule has 0 aromatic rings. The Bertz CT molecular complexity index is 645. The molecule has 8 N–H and O–H groups in total. The number of rotatable bonds is 14. The zero-order chi connectivity index (χ0) is 23.4. The fourth-order valence-corrected chi connectivity index (χ4v) is 2.97. The van der Waals surface area contributed by atoms with Crippen LogP contribution in [0.2, 0.25) is 0 Å². The molecule has 0 unspecified atom stereocenters. The first-order valence-electron chi connectivity index (χ1n) is 10.2. The van der Waals surface area contributed by atoms with Gasteiger partial charge in [0.1, 0.15) is 24.9 Å². The van der Waals surface area contributed by atoms with Gasteiger partial charge in [-0.2, -0.15) is 0 Å². The molecule has 0 aliphatic carbocycles. The lowest BCUT2D eigenvalue weighted by Gasteiger charge is -2.38. The fourth-order valence-electron chi connectivity index (χ4n) is 2.97. The third kappa shape index (κ3) is 9.09. The summed E-state index contributed by atoms with van der Waals surface area (Å²) in [7, 11) is 0. The number of carbonyl (C=O) groups is 2. The van der Waals surface area contributed by atoms with Crippen molar-refractivity contribution in [3.63, 3.8) is 0 Å². The van der Waals surface area contributed by atoms with E-state index < -0.39 is 61.1 Å². The maximum Gasteiger partial charge on any atom is 0.370 e. The average Bonchev–Trinajstić information content (AvgIpc) is 2.72. The molecule has 0 aromatic carbocycles. The molecule has 1 amide bonds. The average molecular weight is 451 g/mol. The summed E-state index contributed by atoms with van der Waals surface area (Å²) in [5.74, 6) is -3.03. The highest BCUT2D eigenvalue weighted by Crippen LogP contribution is 2.30. The van der Waals surface area contributed by atoms with Gasteiger partial charge in [-0.3, -0.25) is 4.79 Å². The number of hydrogen-bond donors (Lipinski definition) is 6. The van der Waals surface area contributed by atoms with E-state index in [-0.39, 0.29) is 13.9 Å². The van der Waals surface area contributed by atoms with E-state index in [0.29, 0.717) is 13.2 Å². The van der Waals surface area contributed by atoms with E-state index in [0.717, 1.165) is 12.8 Å². The number of nitrogens with one attached hydrogen (secondary N) is 1. The van der Waals surface area contributed by atoms with Crippen molar-refractivity contribution in [1.29, 1.82) is 0 Å². The summed E-state index contributed by atoms with van der Waals surface area (Å²) in [6.45, 7) is 3.83. The van der Waals surface area contributed by atoms with Gasteiger partial charge >= 0.3 is 5.97 Å². The van der Waals surface area contributed by atoms with Crippen LogP contribution in [-0.2, 0) is 23.8 Å². The Morgan fingerprint density at radius 3 is 2.68 bits per heavy atom. The molecule has 0 aromatic heterocycles. The Labute approximate surface area is 182 Å². The number of nitrogens with two attached hydrogens (primary N) is 2. The van der Waals surface area contributed by atoms with Gasteiger partial charge in [0, 0.05) is 20.5 Å². The molecule has 0 spiro atoms. The summed E-state index contributed by atoms with van der Waals surface area (Å²) >= 11 is 0. The van der Waals surface area contributed by atoms with E-state index in [1.54, 1.807) is 6.92 Å². The predicted octanol–water partition coefficient (Wildman–Crippen LogP) is -1.45. The molecule has 12 heteroatoms. The topological polar surface area (TPSA) is 199 Å². The minimum atomic E-state index is -1.44. The maximum atomic E-state index is 12.1. The Morgan fingerprint density at radius 2 is 2.10 bits per heavy atom. The standard InChI is InChI=1S/C19H34N4O8.H2/c1-3-4-6-29-7-5-22-15(26)10-30-17(13(25)9-24)16-11(2)12(23-19(20)21)8-14(31-16)18(27)28;/h8,11-13,16-17,24-25H,3-7,9-10H2,1-2H3,(H,22,26)(H,27,28)(H4,20,21,23);1H/t11-,12+,13-,16-,17-;/m1./s1/i;1+2. The summed E-state index contributed by atoms with van der Waals surface area (Å²) in [5, 5.41) is 31.6. The van der Waals surface area contributed by atoms with E-state index in [4.69, 9.17) is 25.7 Å². The zero-order valence-corrected chi connectivity index (χ0v) is 17.9. The molecule has 180 valence electrons. The summed E-state index contributed by atoms with van der Waals surface area (Å²) in [6, 6.07) is -0.763.